The van der Waals surface area contributed by atoms with Crippen LogP contribution >= 0.6 is 0 Å². The molecule has 4 heteroatoms. The molecule has 0 spiro atoms. The smallest absolute Gasteiger partial charge is 0.246 e. The molecule has 0 radical (unpaired) electrons. The van der Waals surface area contributed by atoms with Crippen LogP contribution < -0.4 is 0 Å². The van der Waals surface area contributed by atoms with Crippen molar-refractivity contribution in [1.82, 2.24) is 0 Å². The van der Waals surface area contributed by atoms with Gasteiger partial charge in [-0.1, -0.05) is 68.4 Å². The molecular formula is C22H33NO3. The van der Waals surface area contributed by atoms with Crippen molar-refractivity contribution in [3.8, 4) is 0 Å². The lowest BCUT2D eigenvalue weighted by Gasteiger charge is -1.93. The normalized spacial score (nSPS) is 12.9. The molecule has 0 bridgehead atoms. The molecule has 0 unspecified atom stereocenters. The van der Waals surface area contributed by atoms with Crippen molar-refractivity contribution < 1.29 is 9.72 Å². The first kappa shape index (κ1) is 23.8. The second-order valence-corrected chi connectivity index (χ2v) is 5.99. The number of aldehydes is 1. The van der Waals surface area contributed by atoms with Gasteiger partial charge in [0, 0.05) is 6.42 Å². The molecule has 0 saturated heterocycles. The Hall–Kier alpha value is -2.23. The number of rotatable bonds is 16. The minimum atomic E-state index is -0.314. The van der Waals surface area contributed by atoms with Crippen LogP contribution in [0.3, 0.4) is 0 Å². The number of hydrogen-bond acceptors (Lipinski definition) is 3. The minimum Gasteiger partial charge on any atom is -0.303 e. The van der Waals surface area contributed by atoms with Crippen molar-refractivity contribution in [3.63, 3.8) is 0 Å². The van der Waals surface area contributed by atoms with Crippen LogP contribution in [0.5, 0.6) is 0 Å². The van der Waals surface area contributed by atoms with E-state index in [1.54, 1.807) is 6.08 Å². The highest BCUT2D eigenvalue weighted by molar-refractivity contribution is 5.49. The van der Waals surface area contributed by atoms with Crippen LogP contribution in [-0.2, 0) is 4.79 Å². The highest BCUT2D eigenvalue weighted by Crippen LogP contribution is 2.07. The topological polar surface area (TPSA) is 60.2 Å². The van der Waals surface area contributed by atoms with Crippen LogP contribution in [0.25, 0.3) is 0 Å². The van der Waals surface area contributed by atoms with E-state index in [4.69, 9.17) is 0 Å². The van der Waals surface area contributed by atoms with Crippen molar-refractivity contribution in [2.24, 2.45) is 0 Å². The summed E-state index contributed by atoms with van der Waals surface area (Å²) in [6, 6.07) is 0. The summed E-state index contributed by atoms with van der Waals surface area (Å²) in [6.45, 7) is 2.20. The zero-order chi connectivity index (χ0) is 19.3. The van der Waals surface area contributed by atoms with Gasteiger partial charge < -0.3 is 4.79 Å². The SMILES string of the molecule is CCCCC/C=C/C/C=C/C/C=C(/C/C=C/C/C=C/CCC=O)[N+](=O)[O-]. The molecule has 0 saturated carbocycles. The van der Waals surface area contributed by atoms with E-state index < -0.39 is 0 Å². The maximum Gasteiger partial charge on any atom is 0.246 e. The maximum absolute atomic E-state index is 11.1. The summed E-state index contributed by atoms with van der Waals surface area (Å²) in [5.74, 6) is 0. The molecule has 0 rings (SSSR count). The summed E-state index contributed by atoms with van der Waals surface area (Å²) in [5.41, 5.74) is 0.228. The molecule has 0 aliphatic rings. The van der Waals surface area contributed by atoms with Crippen molar-refractivity contribution >= 4 is 6.29 Å². The van der Waals surface area contributed by atoms with E-state index in [0.29, 0.717) is 19.3 Å². The van der Waals surface area contributed by atoms with Crippen LogP contribution in [0.4, 0.5) is 0 Å². The molecule has 0 heterocycles. The third kappa shape index (κ3) is 16.6. The first-order valence-corrected chi connectivity index (χ1v) is 9.59. The van der Waals surface area contributed by atoms with E-state index in [2.05, 4.69) is 19.1 Å². The molecule has 4 nitrogen and oxygen atoms in total. The van der Waals surface area contributed by atoms with Gasteiger partial charge in [0.05, 0.1) is 11.3 Å². The van der Waals surface area contributed by atoms with Crippen LogP contribution in [0.15, 0.2) is 60.4 Å². The van der Waals surface area contributed by atoms with Gasteiger partial charge in [0.2, 0.25) is 5.70 Å². The fourth-order valence-corrected chi connectivity index (χ4v) is 2.19. The number of nitrogens with zero attached hydrogens (tertiary/aromatic N) is 1. The van der Waals surface area contributed by atoms with Crippen LogP contribution in [0, 0.1) is 10.1 Å². The maximum atomic E-state index is 11.1. The Morgan fingerprint density at radius 1 is 0.808 bits per heavy atom. The van der Waals surface area contributed by atoms with Gasteiger partial charge in [0.25, 0.3) is 0 Å². The molecule has 0 atom stereocenters. The van der Waals surface area contributed by atoms with Crippen molar-refractivity contribution in [2.45, 2.75) is 71.1 Å². The first-order chi connectivity index (χ1) is 12.7. The quantitative estimate of drug-likeness (QED) is 0.104. The highest BCUT2D eigenvalue weighted by atomic mass is 16.6. The van der Waals surface area contributed by atoms with Gasteiger partial charge in [-0.05, 0) is 44.6 Å². The lowest BCUT2D eigenvalue weighted by Crippen LogP contribution is -1.97. The lowest BCUT2D eigenvalue weighted by atomic mass is 10.2. The van der Waals surface area contributed by atoms with Gasteiger partial charge >= 0.3 is 0 Å². The van der Waals surface area contributed by atoms with E-state index >= 15 is 0 Å². The predicted octanol–water partition coefficient (Wildman–Crippen LogP) is 6.49. The molecule has 26 heavy (non-hydrogen) atoms. The highest BCUT2D eigenvalue weighted by Gasteiger charge is 2.06. The Labute approximate surface area is 158 Å². The van der Waals surface area contributed by atoms with E-state index in [1.165, 1.54) is 19.3 Å². The Morgan fingerprint density at radius 3 is 2.08 bits per heavy atom. The molecule has 0 N–H and O–H groups in total. The molecule has 0 aromatic rings. The third-order valence-corrected chi connectivity index (χ3v) is 3.69. The Morgan fingerprint density at radius 2 is 1.42 bits per heavy atom. The number of nitro groups is 1. The van der Waals surface area contributed by atoms with E-state index in [0.717, 1.165) is 32.0 Å². The Bertz CT molecular complexity index is 513. The number of hydrogen-bond donors (Lipinski definition) is 0. The fraction of sp³-hybridized carbons (Fsp3) is 0.500. The van der Waals surface area contributed by atoms with Crippen molar-refractivity contribution in [1.29, 1.82) is 0 Å². The van der Waals surface area contributed by atoms with E-state index in [-0.39, 0.29) is 10.6 Å². The molecular weight excluding hydrogens is 326 g/mol. The third-order valence-electron chi connectivity index (χ3n) is 3.69. The standard InChI is InChI=1S/C22H33NO3/c1-2-3-4-5-6-7-8-10-13-16-19-22(23(25)26)20-17-14-11-9-12-15-18-21-24/h6-7,9-10,12-14,17,19,21H,2-5,8,11,15-16,18,20H2,1H3/b7-6+,12-9+,13-10+,17-14+,22-19-. The summed E-state index contributed by atoms with van der Waals surface area (Å²) in [7, 11) is 0. The van der Waals surface area contributed by atoms with E-state index in [1.807, 2.05) is 36.5 Å². The molecule has 144 valence electrons. The number of carbonyl (C=O) groups is 1. The zero-order valence-corrected chi connectivity index (χ0v) is 16.0. The molecule has 0 fully saturated rings. The van der Waals surface area contributed by atoms with Gasteiger partial charge in [0.1, 0.15) is 6.29 Å². The summed E-state index contributed by atoms with van der Waals surface area (Å²) < 4.78 is 0. The minimum absolute atomic E-state index is 0.228. The second-order valence-electron chi connectivity index (χ2n) is 5.99. The average molecular weight is 360 g/mol. The average Bonchev–Trinajstić information content (AvgIpc) is 2.63. The summed E-state index contributed by atoms with van der Waals surface area (Å²) in [4.78, 5) is 20.9. The number of allylic oxidation sites excluding steroid dienone is 9. The van der Waals surface area contributed by atoms with Gasteiger partial charge in [-0.3, -0.25) is 10.1 Å². The summed E-state index contributed by atoms with van der Waals surface area (Å²) >= 11 is 0. The van der Waals surface area contributed by atoms with Gasteiger partial charge in [-0.15, -0.1) is 0 Å². The Kier molecular flexibility index (Phi) is 17.5. The largest absolute Gasteiger partial charge is 0.303 e. The van der Waals surface area contributed by atoms with Gasteiger partial charge in [0.15, 0.2) is 0 Å². The molecule has 0 aromatic heterocycles. The lowest BCUT2D eigenvalue weighted by molar-refractivity contribution is -0.427. The zero-order valence-electron chi connectivity index (χ0n) is 16.0. The monoisotopic (exact) mass is 359 g/mol. The Balaban J connectivity index is 4.05. The fourth-order valence-electron chi connectivity index (χ4n) is 2.19. The van der Waals surface area contributed by atoms with Gasteiger partial charge in [-0.2, -0.15) is 0 Å². The molecule has 0 aliphatic carbocycles. The number of unbranched alkanes of at least 4 members (excludes halogenated alkanes) is 4. The second kappa shape index (κ2) is 19.1. The van der Waals surface area contributed by atoms with E-state index in [9.17, 15) is 14.9 Å². The molecule has 0 aromatic carbocycles. The van der Waals surface area contributed by atoms with Gasteiger partial charge in [-0.25, -0.2) is 0 Å². The predicted molar refractivity (Wildman–Crippen MR) is 110 cm³/mol. The first-order valence-electron chi connectivity index (χ1n) is 9.59. The molecule has 0 amide bonds. The summed E-state index contributed by atoms with van der Waals surface area (Å²) in [5, 5.41) is 11.1. The molecule has 0 aliphatic heterocycles. The van der Waals surface area contributed by atoms with Crippen LogP contribution in [0.1, 0.15) is 71.1 Å². The van der Waals surface area contributed by atoms with Crippen molar-refractivity contribution in [3.05, 3.63) is 70.5 Å². The van der Waals surface area contributed by atoms with Crippen LogP contribution in [-0.4, -0.2) is 11.2 Å². The summed E-state index contributed by atoms with van der Waals surface area (Å²) in [6.07, 6.45) is 27.3. The van der Waals surface area contributed by atoms with Crippen molar-refractivity contribution in [2.75, 3.05) is 0 Å². The van der Waals surface area contributed by atoms with Crippen LogP contribution in [0.2, 0.25) is 0 Å². The number of carbonyl (C=O) groups excluding carboxylic acids is 1.